The minimum absolute atomic E-state index is 0.408. The van der Waals surface area contributed by atoms with Crippen LogP contribution in [0, 0.1) is 29.1 Å². The molecule has 2 aromatic rings. The van der Waals surface area contributed by atoms with Crippen LogP contribution in [0.1, 0.15) is 82.4 Å². The van der Waals surface area contributed by atoms with E-state index in [1.54, 1.807) is 7.11 Å². The molecule has 6 atom stereocenters. The Morgan fingerprint density at radius 1 is 1.03 bits per heavy atom. The predicted molar refractivity (Wildman–Crippen MR) is 150 cm³/mol. The van der Waals surface area contributed by atoms with Crippen molar-refractivity contribution in [2.75, 3.05) is 26.8 Å². The lowest BCUT2D eigenvalue weighted by Crippen LogP contribution is -2.45. The number of phenolic OH excluding ortho intramolecular Hbond substituents is 1. The summed E-state index contributed by atoms with van der Waals surface area (Å²) in [6.45, 7) is 13.3. The molecule has 5 rings (SSSR count). The summed E-state index contributed by atoms with van der Waals surface area (Å²) < 4.78 is 12.1. The van der Waals surface area contributed by atoms with E-state index in [0.717, 1.165) is 68.3 Å². The zero-order chi connectivity index (χ0) is 26.2. The van der Waals surface area contributed by atoms with Crippen LogP contribution in [0.3, 0.4) is 0 Å². The van der Waals surface area contributed by atoms with Crippen LogP contribution < -0.4 is 9.47 Å². The number of rotatable bonds is 9. The molecule has 0 radical (unpaired) electrons. The Morgan fingerprint density at radius 3 is 2.59 bits per heavy atom. The molecule has 202 valence electrons. The van der Waals surface area contributed by atoms with Gasteiger partial charge in [-0.05, 0) is 128 Å². The van der Waals surface area contributed by atoms with Gasteiger partial charge in [0.2, 0.25) is 0 Å². The van der Waals surface area contributed by atoms with Crippen molar-refractivity contribution in [2.45, 2.75) is 78.7 Å². The highest BCUT2D eigenvalue weighted by molar-refractivity contribution is 5.43. The average Bonchev–Trinajstić information content (AvgIpc) is 3.23. The molecule has 0 saturated heterocycles. The highest BCUT2D eigenvalue weighted by Crippen LogP contribution is 2.64. The van der Waals surface area contributed by atoms with Crippen LogP contribution in [-0.4, -0.2) is 36.8 Å². The number of phenols is 1. The van der Waals surface area contributed by atoms with Gasteiger partial charge in [0.25, 0.3) is 0 Å². The molecule has 0 unspecified atom stereocenters. The monoisotopic (exact) mass is 505 g/mol. The summed E-state index contributed by atoms with van der Waals surface area (Å²) in [5.41, 5.74) is 4.59. The van der Waals surface area contributed by atoms with Gasteiger partial charge >= 0.3 is 0 Å². The molecular formula is C33H47NO3. The lowest BCUT2D eigenvalue weighted by molar-refractivity contribution is 0.000862. The van der Waals surface area contributed by atoms with E-state index < -0.39 is 0 Å². The molecule has 2 aromatic carbocycles. The number of methoxy groups -OCH3 is 1. The first-order valence-corrected chi connectivity index (χ1v) is 14.7. The fraction of sp³-hybridized carbons (Fsp3) is 0.636. The van der Waals surface area contributed by atoms with Crippen LogP contribution in [0.25, 0.3) is 0 Å². The molecule has 0 amide bonds. The molecule has 0 heterocycles. The Hall–Kier alpha value is -2.20. The van der Waals surface area contributed by atoms with Crippen LogP contribution in [-0.2, 0) is 13.0 Å². The molecule has 4 heteroatoms. The number of aromatic hydroxyl groups is 1. The van der Waals surface area contributed by atoms with E-state index >= 15 is 0 Å². The topological polar surface area (TPSA) is 41.9 Å². The van der Waals surface area contributed by atoms with E-state index in [0.29, 0.717) is 23.0 Å². The first-order valence-electron chi connectivity index (χ1n) is 14.7. The smallest absolute Gasteiger partial charge is 0.161 e. The first-order chi connectivity index (χ1) is 17.9. The standard InChI is InChI=1S/C33H47NO3/c1-6-34(7-2)21-23-8-13-30(31(19-23)36-5)37-17-15-25-9-12-29-32-22(3)18-24-20-26(35)10-11-27(24)28(32)14-16-33(25,29)4/h8,10-11,13,19-20,22,25,28-29,32,35H,6-7,9,12,14-18,21H2,1-5H3/t22-,25-,28-,29+,32-,33-/m1/s1. The van der Waals surface area contributed by atoms with E-state index in [1.807, 2.05) is 12.1 Å². The highest BCUT2D eigenvalue weighted by Gasteiger charge is 2.55. The molecular weight excluding hydrogens is 458 g/mol. The minimum Gasteiger partial charge on any atom is -0.508 e. The van der Waals surface area contributed by atoms with Gasteiger partial charge in [-0.2, -0.15) is 0 Å². The maximum Gasteiger partial charge on any atom is 0.161 e. The predicted octanol–water partition coefficient (Wildman–Crippen LogP) is 7.43. The van der Waals surface area contributed by atoms with Crippen molar-refractivity contribution in [3.05, 3.63) is 53.1 Å². The SMILES string of the molecule is CCN(CC)Cc1ccc(OCC[C@H]2CC[C@H]3[C@@H]4[C@H](C)Cc5cc(O)ccc5[C@H]4CC[C@]23C)c(OC)c1. The summed E-state index contributed by atoms with van der Waals surface area (Å²) in [5.74, 6) is 5.75. The molecule has 0 bridgehead atoms. The molecule has 37 heavy (non-hydrogen) atoms. The number of benzene rings is 2. The third-order valence-corrected chi connectivity index (χ3v) is 10.5. The van der Waals surface area contributed by atoms with Gasteiger partial charge in [-0.25, -0.2) is 0 Å². The Bertz CT molecular complexity index is 1080. The molecule has 1 N–H and O–H groups in total. The van der Waals surface area contributed by atoms with E-state index in [9.17, 15) is 5.11 Å². The van der Waals surface area contributed by atoms with Crippen molar-refractivity contribution in [1.82, 2.24) is 4.90 Å². The third-order valence-electron chi connectivity index (χ3n) is 10.5. The van der Waals surface area contributed by atoms with Gasteiger partial charge in [0.1, 0.15) is 5.75 Å². The van der Waals surface area contributed by atoms with Crippen LogP contribution in [0.15, 0.2) is 36.4 Å². The van der Waals surface area contributed by atoms with Crippen molar-refractivity contribution in [2.24, 2.45) is 29.1 Å². The van der Waals surface area contributed by atoms with Crippen molar-refractivity contribution >= 4 is 0 Å². The molecule has 3 aliphatic rings. The van der Waals surface area contributed by atoms with E-state index in [1.165, 1.54) is 42.4 Å². The Labute approximate surface area is 224 Å². The van der Waals surface area contributed by atoms with Gasteiger partial charge in [0, 0.05) is 6.54 Å². The number of hydrogen-bond acceptors (Lipinski definition) is 4. The van der Waals surface area contributed by atoms with Gasteiger partial charge < -0.3 is 14.6 Å². The van der Waals surface area contributed by atoms with Gasteiger partial charge in [-0.15, -0.1) is 0 Å². The van der Waals surface area contributed by atoms with Crippen molar-refractivity contribution in [1.29, 1.82) is 0 Å². The number of ether oxygens (including phenoxy) is 2. The number of hydrogen-bond donors (Lipinski definition) is 1. The molecule has 0 aliphatic heterocycles. The van der Waals surface area contributed by atoms with Crippen LogP contribution in [0.2, 0.25) is 0 Å². The van der Waals surface area contributed by atoms with E-state index in [4.69, 9.17) is 9.47 Å². The fourth-order valence-corrected chi connectivity index (χ4v) is 8.49. The maximum atomic E-state index is 10.0. The van der Waals surface area contributed by atoms with Crippen LogP contribution in [0.4, 0.5) is 0 Å². The van der Waals surface area contributed by atoms with Crippen molar-refractivity contribution in [3.8, 4) is 17.2 Å². The molecule has 0 aromatic heterocycles. The van der Waals surface area contributed by atoms with Crippen LogP contribution in [0.5, 0.6) is 17.2 Å². The quantitative estimate of drug-likeness (QED) is 0.385. The minimum atomic E-state index is 0.408. The second-order valence-corrected chi connectivity index (χ2v) is 12.3. The molecule has 4 nitrogen and oxygen atoms in total. The second-order valence-electron chi connectivity index (χ2n) is 12.3. The van der Waals surface area contributed by atoms with Gasteiger partial charge in [0.15, 0.2) is 11.5 Å². The lowest BCUT2D eigenvalue weighted by atomic mass is 9.51. The third kappa shape index (κ3) is 4.99. The summed E-state index contributed by atoms with van der Waals surface area (Å²) >= 11 is 0. The molecule has 2 fully saturated rings. The van der Waals surface area contributed by atoms with Gasteiger partial charge in [-0.3, -0.25) is 4.90 Å². The molecule has 2 saturated carbocycles. The average molecular weight is 506 g/mol. The van der Waals surface area contributed by atoms with Crippen LogP contribution >= 0.6 is 0 Å². The Morgan fingerprint density at radius 2 is 1.84 bits per heavy atom. The summed E-state index contributed by atoms with van der Waals surface area (Å²) in [4.78, 5) is 2.41. The lowest BCUT2D eigenvalue weighted by Gasteiger charge is -2.53. The Kier molecular flexibility index (Phi) is 7.77. The normalized spacial score (nSPS) is 30.5. The summed E-state index contributed by atoms with van der Waals surface area (Å²) in [7, 11) is 1.75. The number of fused-ring (bicyclic) bond motifs is 5. The van der Waals surface area contributed by atoms with Crippen molar-refractivity contribution in [3.63, 3.8) is 0 Å². The first kappa shape index (κ1) is 26.4. The zero-order valence-electron chi connectivity index (χ0n) is 23.6. The summed E-state index contributed by atoms with van der Waals surface area (Å²) in [5, 5.41) is 10.0. The van der Waals surface area contributed by atoms with E-state index in [2.05, 4.69) is 56.9 Å². The molecule has 0 spiro atoms. The Balaban J connectivity index is 1.23. The molecule has 3 aliphatic carbocycles. The number of nitrogens with zero attached hydrogens (tertiary/aromatic N) is 1. The van der Waals surface area contributed by atoms with Gasteiger partial charge in [-0.1, -0.05) is 39.8 Å². The van der Waals surface area contributed by atoms with Gasteiger partial charge in [0.05, 0.1) is 13.7 Å². The maximum absolute atomic E-state index is 10.0. The second kappa shape index (κ2) is 10.9. The summed E-state index contributed by atoms with van der Waals surface area (Å²) in [6.07, 6.45) is 7.48. The zero-order valence-corrected chi connectivity index (χ0v) is 23.6. The highest BCUT2D eigenvalue weighted by atomic mass is 16.5. The van der Waals surface area contributed by atoms with Crippen molar-refractivity contribution < 1.29 is 14.6 Å². The summed E-state index contributed by atoms with van der Waals surface area (Å²) in [6, 6.07) is 12.6. The fourth-order valence-electron chi connectivity index (χ4n) is 8.49. The van der Waals surface area contributed by atoms with E-state index in [-0.39, 0.29) is 0 Å². The largest absolute Gasteiger partial charge is 0.508 e.